The van der Waals surface area contributed by atoms with E-state index in [-0.39, 0.29) is 11.2 Å². The molecule has 0 radical (unpaired) electrons. The lowest BCUT2D eigenvalue weighted by molar-refractivity contribution is 0.0909. The van der Waals surface area contributed by atoms with E-state index in [4.69, 9.17) is 5.73 Å². The molecule has 0 fully saturated rings. The number of ketones is 1. The van der Waals surface area contributed by atoms with Crippen molar-refractivity contribution >= 4 is 11.7 Å². The third-order valence-corrected chi connectivity index (χ3v) is 5.54. The summed E-state index contributed by atoms with van der Waals surface area (Å²) in [4.78, 5) is 26.7. The summed E-state index contributed by atoms with van der Waals surface area (Å²) < 4.78 is 2.13. The normalized spacial score (nSPS) is 15.7. The smallest absolute Gasteiger partial charge is 0.248 e. The maximum atomic E-state index is 12.7. The Hall–Kier alpha value is -2.40. The fraction of sp³-hybridized carbons (Fsp3) is 0.478. The first-order chi connectivity index (χ1) is 13.1. The van der Waals surface area contributed by atoms with Gasteiger partial charge in [0.1, 0.15) is 0 Å². The summed E-state index contributed by atoms with van der Waals surface area (Å²) in [7, 11) is 4.08. The van der Waals surface area contributed by atoms with Gasteiger partial charge in [-0.05, 0) is 81.6 Å². The highest BCUT2D eigenvalue weighted by Gasteiger charge is 2.34. The van der Waals surface area contributed by atoms with Gasteiger partial charge in [-0.1, -0.05) is 13.8 Å². The summed E-state index contributed by atoms with van der Waals surface area (Å²) >= 11 is 0. The Kier molecular flexibility index (Phi) is 5.48. The van der Waals surface area contributed by atoms with Crippen LogP contribution in [-0.4, -0.2) is 41.8 Å². The molecule has 5 nitrogen and oxygen atoms in total. The number of carbonyl (C=O) groups excluding carboxylic acids is 2. The van der Waals surface area contributed by atoms with Gasteiger partial charge in [-0.3, -0.25) is 9.59 Å². The van der Waals surface area contributed by atoms with Crippen LogP contribution in [0.4, 0.5) is 0 Å². The number of rotatable bonds is 6. The zero-order valence-corrected chi connectivity index (χ0v) is 17.6. The molecule has 2 N–H and O–H groups in total. The second kappa shape index (κ2) is 7.55. The minimum atomic E-state index is -0.395. The van der Waals surface area contributed by atoms with Crippen LogP contribution in [0.3, 0.4) is 0 Å². The Morgan fingerprint density at radius 2 is 1.96 bits per heavy atom. The molecule has 1 amide bonds. The molecule has 0 saturated heterocycles. The molecule has 0 bridgehead atoms. The standard InChI is InChI=1S/C23H31N3O2/c1-15-14-26(19-12-23(2,3)13-20(27)21(15)19)17-8-9-18(22(24)28)16(11-17)7-6-10-25(4)5/h8-9,11,14H,6-7,10,12-13H2,1-5H3,(H2,24,28). The fourth-order valence-electron chi connectivity index (χ4n) is 4.27. The number of aryl methyl sites for hydroxylation is 2. The minimum Gasteiger partial charge on any atom is -0.366 e. The maximum Gasteiger partial charge on any atom is 0.248 e. The van der Waals surface area contributed by atoms with E-state index >= 15 is 0 Å². The monoisotopic (exact) mass is 381 g/mol. The number of hydrogen-bond acceptors (Lipinski definition) is 3. The zero-order chi connectivity index (χ0) is 20.6. The Balaban J connectivity index is 2.04. The van der Waals surface area contributed by atoms with E-state index in [1.54, 1.807) is 0 Å². The van der Waals surface area contributed by atoms with Gasteiger partial charge in [0, 0.05) is 35.1 Å². The largest absolute Gasteiger partial charge is 0.366 e. The van der Waals surface area contributed by atoms with Crippen LogP contribution in [0.2, 0.25) is 0 Å². The number of fused-ring (bicyclic) bond motifs is 1. The first kappa shape index (κ1) is 20.3. The van der Waals surface area contributed by atoms with Crippen molar-refractivity contribution in [3.8, 4) is 5.69 Å². The molecule has 28 heavy (non-hydrogen) atoms. The van der Waals surface area contributed by atoms with E-state index in [1.807, 2.05) is 39.3 Å². The van der Waals surface area contributed by atoms with E-state index in [1.165, 1.54) is 0 Å². The van der Waals surface area contributed by atoms with Crippen molar-refractivity contribution in [3.05, 3.63) is 52.3 Å². The lowest BCUT2D eigenvalue weighted by Gasteiger charge is -2.30. The average Bonchev–Trinajstić information content (AvgIpc) is 2.89. The van der Waals surface area contributed by atoms with Crippen molar-refractivity contribution < 1.29 is 9.59 Å². The number of Topliss-reactive ketones (excluding diaryl/α,β-unsaturated/α-hetero) is 1. The van der Waals surface area contributed by atoms with Crippen LogP contribution in [0, 0.1) is 12.3 Å². The van der Waals surface area contributed by atoms with Crippen molar-refractivity contribution in [2.75, 3.05) is 20.6 Å². The van der Waals surface area contributed by atoms with E-state index < -0.39 is 5.91 Å². The maximum absolute atomic E-state index is 12.7. The molecule has 0 saturated carbocycles. The average molecular weight is 382 g/mol. The molecule has 1 aliphatic carbocycles. The summed E-state index contributed by atoms with van der Waals surface area (Å²) in [6.07, 6.45) is 5.23. The molecule has 1 aromatic heterocycles. The quantitative estimate of drug-likeness (QED) is 0.832. The van der Waals surface area contributed by atoms with Crippen LogP contribution in [0.15, 0.2) is 24.4 Å². The van der Waals surface area contributed by atoms with Gasteiger partial charge >= 0.3 is 0 Å². The summed E-state index contributed by atoms with van der Waals surface area (Å²) in [5, 5.41) is 0. The number of benzene rings is 1. The van der Waals surface area contributed by atoms with Crippen LogP contribution in [0.5, 0.6) is 0 Å². The number of hydrogen-bond donors (Lipinski definition) is 1. The highest BCUT2D eigenvalue weighted by molar-refractivity contribution is 6.00. The lowest BCUT2D eigenvalue weighted by Crippen LogP contribution is -2.28. The molecule has 0 aliphatic heterocycles. The first-order valence-corrected chi connectivity index (χ1v) is 9.91. The van der Waals surface area contributed by atoms with E-state index in [0.29, 0.717) is 12.0 Å². The number of carbonyl (C=O) groups is 2. The van der Waals surface area contributed by atoms with Gasteiger partial charge < -0.3 is 15.2 Å². The Morgan fingerprint density at radius 1 is 1.25 bits per heavy atom. The number of amides is 1. The van der Waals surface area contributed by atoms with Crippen LogP contribution >= 0.6 is 0 Å². The Labute approximate surface area is 167 Å². The van der Waals surface area contributed by atoms with Crippen LogP contribution in [0.25, 0.3) is 5.69 Å². The van der Waals surface area contributed by atoms with Gasteiger partial charge in [-0.2, -0.15) is 0 Å². The predicted octanol–water partition coefficient (Wildman–Crippen LogP) is 3.53. The molecule has 3 rings (SSSR count). The molecular weight excluding hydrogens is 350 g/mol. The first-order valence-electron chi connectivity index (χ1n) is 9.91. The highest BCUT2D eigenvalue weighted by Crippen LogP contribution is 2.38. The number of nitrogens with zero attached hydrogens (tertiary/aromatic N) is 2. The molecule has 1 heterocycles. The summed E-state index contributed by atoms with van der Waals surface area (Å²) in [6.45, 7) is 7.23. The second-order valence-corrected chi connectivity index (χ2v) is 9.06. The van der Waals surface area contributed by atoms with Gasteiger partial charge in [0.15, 0.2) is 5.78 Å². The number of primary amides is 1. The van der Waals surface area contributed by atoms with Crippen molar-refractivity contribution in [2.24, 2.45) is 11.1 Å². The second-order valence-electron chi connectivity index (χ2n) is 9.06. The molecule has 1 aliphatic rings. The molecule has 1 aromatic carbocycles. The van der Waals surface area contributed by atoms with Gasteiger partial charge in [0.05, 0.1) is 0 Å². The van der Waals surface area contributed by atoms with Gasteiger partial charge in [-0.15, -0.1) is 0 Å². The van der Waals surface area contributed by atoms with Crippen LogP contribution in [-0.2, 0) is 12.8 Å². The fourth-order valence-corrected chi connectivity index (χ4v) is 4.27. The molecular formula is C23H31N3O2. The SMILES string of the molecule is Cc1cn(-c2ccc(C(N)=O)c(CCCN(C)C)c2)c2c1C(=O)CC(C)(C)C2. The third-order valence-electron chi connectivity index (χ3n) is 5.54. The molecule has 2 aromatic rings. The number of aromatic nitrogens is 1. The molecule has 5 heteroatoms. The van der Waals surface area contributed by atoms with Gasteiger partial charge in [0.25, 0.3) is 0 Å². The van der Waals surface area contributed by atoms with Crippen LogP contribution in [0.1, 0.15) is 64.2 Å². The van der Waals surface area contributed by atoms with Crippen molar-refractivity contribution in [3.63, 3.8) is 0 Å². The van der Waals surface area contributed by atoms with E-state index in [0.717, 1.165) is 53.9 Å². The zero-order valence-electron chi connectivity index (χ0n) is 17.6. The van der Waals surface area contributed by atoms with Crippen molar-refractivity contribution in [1.29, 1.82) is 0 Å². The third kappa shape index (κ3) is 4.04. The lowest BCUT2D eigenvalue weighted by atomic mass is 9.75. The molecule has 0 spiro atoms. The molecule has 150 valence electrons. The van der Waals surface area contributed by atoms with E-state index in [9.17, 15) is 9.59 Å². The molecule has 0 atom stereocenters. The van der Waals surface area contributed by atoms with Crippen molar-refractivity contribution in [1.82, 2.24) is 9.47 Å². The van der Waals surface area contributed by atoms with E-state index in [2.05, 4.69) is 29.4 Å². The van der Waals surface area contributed by atoms with Gasteiger partial charge in [-0.25, -0.2) is 0 Å². The summed E-state index contributed by atoms with van der Waals surface area (Å²) in [5.74, 6) is -0.170. The topological polar surface area (TPSA) is 68.3 Å². The Bertz CT molecular complexity index is 922. The van der Waals surface area contributed by atoms with Gasteiger partial charge in [0.2, 0.25) is 5.91 Å². The van der Waals surface area contributed by atoms with Crippen LogP contribution < -0.4 is 5.73 Å². The summed E-state index contributed by atoms with van der Waals surface area (Å²) in [6, 6.07) is 5.81. The van der Waals surface area contributed by atoms with Crippen molar-refractivity contribution in [2.45, 2.75) is 46.5 Å². The molecule has 0 unspecified atom stereocenters. The predicted molar refractivity (Wildman–Crippen MR) is 112 cm³/mol. The number of nitrogens with two attached hydrogens (primary N) is 1. The Morgan fingerprint density at radius 3 is 2.61 bits per heavy atom. The minimum absolute atomic E-state index is 0.0473. The highest BCUT2D eigenvalue weighted by atomic mass is 16.1. The summed E-state index contributed by atoms with van der Waals surface area (Å²) in [5.41, 5.74) is 11.0.